The molecule has 0 aromatic carbocycles. The van der Waals surface area contributed by atoms with Crippen LogP contribution in [-0.4, -0.2) is 35.9 Å². The smallest absolute Gasteiger partial charge is 0.326 e. The molecule has 2 unspecified atom stereocenters. The van der Waals surface area contributed by atoms with Gasteiger partial charge in [0.2, 0.25) is 0 Å². The molecule has 2 N–H and O–H groups in total. The fourth-order valence-electron chi connectivity index (χ4n) is 1.58. The zero-order chi connectivity index (χ0) is 7.19. The standard InChI is InChI=1S/C6H9NO3/c8-5(9)6-1-4(7-6)2-10-3-6/h4,7H,1-3H2,(H,8,9). The van der Waals surface area contributed by atoms with Crippen LogP contribution in [0.5, 0.6) is 0 Å². The minimum Gasteiger partial charge on any atom is -0.480 e. The highest BCUT2D eigenvalue weighted by Gasteiger charge is 2.53. The summed E-state index contributed by atoms with van der Waals surface area (Å²) in [7, 11) is 0. The fraction of sp³-hybridized carbons (Fsp3) is 0.833. The second-order valence-electron chi connectivity index (χ2n) is 2.95. The van der Waals surface area contributed by atoms with Crippen molar-refractivity contribution in [1.29, 1.82) is 0 Å². The van der Waals surface area contributed by atoms with Crippen LogP contribution in [0.1, 0.15) is 6.42 Å². The van der Waals surface area contributed by atoms with Gasteiger partial charge in [0.1, 0.15) is 5.54 Å². The lowest BCUT2D eigenvalue weighted by atomic mass is 9.80. The lowest BCUT2D eigenvalue weighted by molar-refractivity contribution is -0.164. The van der Waals surface area contributed by atoms with Crippen molar-refractivity contribution in [3.05, 3.63) is 0 Å². The molecule has 3 fully saturated rings. The van der Waals surface area contributed by atoms with Crippen molar-refractivity contribution in [3.8, 4) is 0 Å². The van der Waals surface area contributed by atoms with Gasteiger partial charge in [-0.05, 0) is 6.42 Å². The van der Waals surface area contributed by atoms with Crippen molar-refractivity contribution < 1.29 is 14.6 Å². The van der Waals surface area contributed by atoms with E-state index in [1.165, 1.54) is 0 Å². The van der Waals surface area contributed by atoms with E-state index in [9.17, 15) is 4.79 Å². The zero-order valence-electron chi connectivity index (χ0n) is 5.46. The molecule has 0 aliphatic carbocycles. The average Bonchev–Trinajstić information content (AvgIpc) is 1.87. The average molecular weight is 143 g/mol. The molecule has 0 radical (unpaired) electrons. The summed E-state index contributed by atoms with van der Waals surface area (Å²) in [6.07, 6.45) is 0.725. The van der Waals surface area contributed by atoms with Gasteiger partial charge in [0, 0.05) is 6.04 Å². The molecule has 3 rings (SSSR count). The van der Waals surface area contributed by atoms with Crippen LogP contribution in [0.25, 0.3) is 0 Å². The number of aliphatic carboxylic acids is 1. The minimum absolute atomic E-state index is 0.282. The molecule has 3 aliphatic rings. The van der Waals surface area contributed by atoms with E-state index in [-0.39, 0.29) is 6.04 Å². The number of rotatable bonds is 1. The number of carbonyl (C=O) groups is 1. The number of morpholine rings is 1. The SMILES string of the molecule is O=C(O)C12COCC(C1)N2. The number of carboxylic acid groups (broad SMARTS) is 1. The van der Waals surface area contributed by atoms with Gasteiger partial charge in [-0.15, -0.1) is 0 Å². The molecular formula is C6H9NO3. The van der Waals surface area contributed by atoms with E-state index in [0.717, 1.165) is 6.42 Å². The Kier molecular flexibility index (Phi) is 1.04. The largest absolute Gasteiger partial charge is 0.480 e. The van der Waals surface area contributed by atoms with E-state index in [2.05, 4.69) is 5.32 Å². The van der Waals surface area contributed by atoms with Crippen molar-refractivity contribution >= 4 is 5.97 Å². The van der Waals surface area contributed by atoms with Crippen LogP contribution in [0.3, 0.4) is 0 Å². The Morgan fingerprint density at radius 2 is 2.50 bits per heavy atom. The molecule has 56 valence electrons. The van der Waals surface area contributed by atoms with E-state index in [1.807, 2.05) is 0 Å². The number of hydrogen-bond acceptors (Lipinski definition) is 3. The first-order valence-corrected chi connectivity index (χ1v) is 3.32. The lowest BCUT2D eigenvalue weighted by Crippen LogP contribution is -2.74. The zero-order valence-corrected chi connectivity index (χ0v) is 5.46. The summed E-state index contributed by atoms with van der Waals surface area (Å²) >= 11 is 0. The van der Waals surface area contributed by atoms with Crippen LogP contribution >= 0.6 is 0 Å². The summed E-state index contributed by atoms with van der Waals surface area (Å²) in [5.74, 6) is -0.788. The summed E-state index contributed by atoms with van der Waals surface area (Å²) in [6, 6.07) is 0.282. The molecule has 2 atom stereocenters. The van der Waals surface area contributed by atoms with Gasteiger partial charge in [-0.1, -0.05) is 0 Å². The summed E-state index contributed by atoms with van der Waals surface area (Å²) < 4.78 is 5.05. The summed E-state index contributed by atoms with van der Waals surface area (Å²) in [6.45, 7) is 0.980. The maximum atomic E-state index is 10.6. The monoisotopic (exact) mass is 143 g/mol. The third-order valence-corrected chi connectivity index (χ3v) is 2.15. The summed E-state index contributed by atoms with van der Waals surface area (Å²) in [5.41, 5.74) is -0.733. The number of nitrogens with one attached hydrogen (secondary N) is 1. The highest BCUT2D eigenvalue weighted by Crippen LogP contribution is 2.29. The van der Waals surface area contributed by atoms with Crippen molar-refractivity contribution in [3.63, 3.8) is 0 Å². The van der Waals surface area contributed by atoms with Crippen LogP contribution in [0.2, 0.25) is 0 Å². The van der Waals surface area contributed by atoms with Crippen molar-refractivity contribution in [1.82, 2.24) is 5.32 Å². The Morgan fingerprint density at radius 1 is 1.80 bits per heavy atom. The molecule has 0 amide bonds. The quantitative estimate of drug-likeness (QED) is 0.504. The van der Waals surface area contributed by atoms with E-state index < -0.39 is 11.5 Å². The Balaban J connectivity index is 2.12. The number of hydrogen-bond donors (Lipinski definition) is 2. The Hall–Kier alpha value is -0.610. The number of carboxylic acids is 1. The van der Waals surface area contributed by atoms with E-state index in [0.29, 0.717) is 13.2 Å². The highest BCUT2D eigenvalue weighted by atomic mass is 16.5. The van der Waals surface area contributed by atoms with Crippen molar-refractivity contribution in [2.75, 3.05) is 13.2 Å². The molecule has 0 aromatic rings. The summed E-state index contributed by atoms with van der Waals surface area (Å²) in [4.78, 5) is 10.6. The van der Waals surface area contributed by atoms with Gasteiger partial charge in [-0.25, -0.2) is 0 Å². The maximum Gasteiger partial charge on any atom is 0.326 e. The minimum atomic E-state index is -0.788. The van der Waals surface area contributed by atoms with Gasteiger partial charge in [0.15, 0.2) is 0 Å². The van der Waals surface area contributed by atoms with Crippen molar-refractivity contribution in [2.45, 2.75) is 18.0 Å². The first-order chi connectivity index (χ1) is 4.73. The number of fused-ring (bicyclic) bond motifs is 2. The van der Waals surface area contributed by atoms with Gasteiger partial charge < -0.3 is 9.84 Å². The second kappa shape index (κ2) is 1.71. The Bertz CT molecular complexity index is 168. The van der Waals surface area contributed by atoms with E-state index >= 15 is 0 Å². The molecule has 4 heteroatoms. The van der Waals surface area contributed by atoms with Crippen LogP contribution in [-0.2, 0) is 9.53 Å². The maximum absolute atomic E-state index is 10.6. The van der Waals surface area contributed by atoms with Crippen molar-refractivity contribution in [2.24, 2.45) is 0 Å². The first-order valence-electron chi connectivity index (χ1n) is 3.32. The Morgan fingerprint density at radius 3 is 2.80 bits per heavy atom. The van der Waals surface area contributed by atoms with E-state index in [1.54, 1.807) is 0 Å². The third kappa shape index (κ3) is 0.602. The molecule has 3 saturated heterocycles. The molecule has 4 nitrogen and oxygen atoms in total. The van der Waals surface area contributed by atoms with Gasteiger partial charge in [0.25, 0.3) is 0 Å². The fourth-order valence-corrected chi connectivity index (χ4v) is 1.58. The van der Waals surface area contributed by atoms with Crippen LogP contribution in [0.15, 0.2) is 0 Å². The third-order valence-electron chi connectivity index (χ3n) is 2.15. The molecular weight excluding hydrogens is 134 g/mol. The van der Waals surface area contributed by atoms with Gasteiger partial charge in [0.05, 0.1) is 13.2 Å². The highest BCUT2D eigenvalue weighted by molar-refractivity contribution is 5.80. The predicted octanol–water partition coefficient (Wildman–Crippen LogP) is -0.798. The molecule has 2 bridgehead atoms. The Labute approximate surface area is 58.2 Å². The first kappa shape index (κ1) is 6.12. The number of ether oxygens (including phenoxy) is 1. The van der Waals surface area contributed by atoms with Gasteiger partial charge in [-0.3, -0.25) is 10.1 Å². The predicted molar refractivity (Wildman–Crippen MR) is 32.7 cm³/mol. The second-order valence-corrected chi connectivity index (χ2v) is 2.95. The van der Waals surface area contributed by atoms with Gasteiger partial charge >= 0.3 is 5.97 Å². The summed E-state index contributed by atoms with van der Waals surface area (Å²) in [5, 5.41) is 11.7. The van der Waals surface area contributed by atoms with Crippen LogP contribution in [0.4, 0.5) is 0 Å². The molecule has 10 heavy (non-hydrogen) atoms. The van der Waals surface area contributed by atoms with E-state index in [4.69, 9.17) is 9.84 Å². The van der Waals surface area contributed by atoms with Gasteiger partial charge in [-0.2, -0.15) is 0 Å². The molecule has 3 heterocycles. The van der Waals surface area contributed by atoms with Crippen LogP contribution in [0, 0.1) is 0 Å². The topological polar surface area (TPSA) is 58.6 Å². The van der Waals surface area contributed by atoms with Crippen LogP contribution < -0.4 is 5.32 Å². The normalized spacial score (nSPS) is 44.2. The molecule has 0 saturated carbocycles. The lowest BCUT2D eigenvalue weighted by Gasteiger charge is -2.49. The molecule has 0 aromatic heterocycles. The molecule has 0 spiro atoms. The molecule has 3 aliphatic heterocycles.